The lowest BCUT2D eigenvalue weighted by Crippen LogP contribution is -2.26. The average molecular weight is 479 g/mol. The van der Waals surface area contributed by atoms with Gasteiger partial charge >= 0.3 is 5.97 Å². The molecular weight excluding hydrogens is 452 g/mol. The standard InChI is InChI=1S/C29H26N4O3/c1-17-26(18(2)36-32-17)22-14-23-24(20-9-6-10-21(13-20)29(34)35)16-33(28(23)31-15-22)27(19-7-5-8-19)25-11-3-4-12-30-25/h3-4,6,9-16,19,27H,5,7-8H2,1-2H3,(H,34,35). The van der Waals surface area contributed by atoms with Crippen molar-refractivity contribution < 1.29 is 14.4 Å². The Morgan fingerprint density at radius 2 is 1.94 bits per heavy atom. The lowest BCUT2D eigenvalue weighted by molar-refractivity contribution is 0.0697. The van der Waals surface area contributed by atoms with E-state index in [1.807, 2.05) is 44.4 Å². The fraction of sp³-hybridized carbons (Fsp3) is 0.241. The summed E-state index contributed by atoms with van der Waals surface area (Å²) in [6.07, 6.45) is 9.33. The van der Waals surface area contributed by atoms with Crippen LogP contribution in [0.3, 0.4) is 0 Å². The molecule has 6 rings (SSSR count). The third-order valence-corrected chi connectivity index (χ3v) is 7.30. The van der Waals surface area contributed by atoms with E-state index in [4.69, 9.17) is 14.5 Å². The van der Waals surface area contributed by atoms with Crippen molar-refractivity contribution in [3.63, 3.8) is 0 Å². The highest BCUT2D eigenvalue weighted by Crippen LogP contribution is 2.43. The zero-order valence-corrected chi connectivity index (χ0v) is 20.2. The molecule has 0 amide bonds. The SMILES string of the molecule is Cc1noc(C)c1-c1cnc2c(c1)c(-c1cccc(C(=O)O)c1)cn2C(c1ccccn1)C1CCC1. The van der Waals surface area contributed by atoms with Crippen LogP contribution < -0.4 is 0 Å². The normalized spacial score (nSPS) is 14.6. The first-order chi connectivity index (χ1) is 17.5. The first kappa shape index (κ1) is 22.2. The van der Waals surface area contributed by atoms with Gasteiger partial charge in [-0.05, 0) is 68.5 Å². The number of hydrogen-bond donors (Lipinski definition) is 1. The highest BCUT2D eigenvalue weighted by molar-refractivity contribution is 5.98. The molecule has 1 aliphatic rings. The molecule has 0 spiro atoms. The lowest BCUT2D eigenvalue weighted by atomic mass is 9.78. The van der Waals surface area contributed by atoms with Crippen molar-refractivity contribution in [1.82, 2.24) is 19.7 Å². The van der Waals surface area contributed by atoms with Crippen LogP contribution >= 0.6 is 0 Å². The number of aromatic carboxylic acids is 1. The average Bonchev–Trinajstić information content (AvgIpc) is 3.40. The van der Waals surface area contributed by atoms with E-state index in [-0.39, 0.29) is 11.6 Å². The predicted octanol–water partition coefficient (Wildman–Crippen LogP) is 6.46. The zero-order valence-electron chi connectivity index (χ0n) is 20.2. The zero-order chi connectivity index (χ0) is 24.8. The van der Waals surface area contributed by atoms with Gasteiger partial charge in [-0.1, -0.05) is 29.8 Å². The summed E-state index contributed by atoms with van der Waals surface area (Å²) in [7, 11) is 0. The highest BCUT2D eigenvalue weighted by Gasteiger charge is 2.32. The molecular formula is C29H26N4O3. The molecule has 0 bridgehead atoms. The highest BCUT2D eigenvalue weighted by atomic mass is 16.5. The summed E-state index contributed by atoms with van der Waals surface area (Å²) in [5.41, 5.74) is 6.56. The van der Waals surface area contributed by atoms with Crippen LogP contribution in [0.15, 0.2) is 71.6 Å². The van der Waals surface area contributed by atoms with Gasteiger partial charge in [0.25, 0.3) is 0 Å². The molecule has 0 aliphatic heterocycles. The second-order valence-electron chi connectivity index (χ2n) is 9.52. The number of benzene rings is 1. The maximum Gasteiger partial charge on any atom is 0.335 e. The molecule has 36 heavy (non-hydrogen) atoms. The van der Waals surface area contributed by atoms with E-state index in [1.54, 1.807) is 18.2 Å². The maximum absolute atomic E-state index is 11.7. The van der Waals surface area contributed by atoms with Gasteiger partial charge in [-0.2, -0.15) is 0 Å². The Bertz CT molecular complexity index is 1560. The number of rotatable bonds is 6. The number of carboxylic acid groups (broad SMARTS) is 1. The molecule has 0 saturated heterocycles. The summed E-state index contributed by atoms with van der Waals surface area (Å²) in [5.74, 6) is 0.261. The smallest absolute Gasteiger partial charge is 0.335 e. The van der Waals surface area contributed by atoms with Crippen LogP contribution in [0.4, 0.5) is 0 Å². The van der Waals surface area contributed by atoms with Gasteiger partial charge in [0.1, 0.15) is 11.4 Å². The molecule has 5 aromatic rings. The minimum atomic E-state index is -0.948. The molecule has 7 heteroatoms. The molecule has 1 aliphatic carbocycles. The van der Waals surface area contributed by atoms with E-state index in [1.165, 1.54) is 6.42 Å². The van der Waals surface area contributed by atoms with E-state index in [0.717, 1.165) is 63.3 Å². The van der Waals surface area contributed by atoms with Crippen molar-refractivity contribution in [2.75, 3.05) is 0 Å². The van der Waals surface area contributed by atoms with Crippen LogP contribution in [0.1, 0.15) is 52.8 Å². The minimum absolute atomic E-state index is 0.0521. The number of aromatic nitrogens is 4. The Morgan fingerprint density at radius 3 is 2.61 bits per heavy atom. The lowest BCUT2D eigenvalue weighted by Gasteiger charge is -2.34. The number of aryl methyl sites for hydroxylation is 2. The number of hydrogen-bond acceptors (Lipinski definition) is 5. The van der Waals surface area contributed by atoms with Crippen LogP contribution in [0.2, 0.25) is 0 Å². The Balaban J connectivity index is 1.61. The van der Waals surface area contributed by atoms with Crippen LogP contribution in [0.5, 0.6) is 0 Å². The van der Waals surface area contributed by atoms with Gasteiger partial charge in [0.05, 0.1) is 23.0 Å². The fourth-order valence-corrected chi connectivity index (χ4v) is 5.34. The number of carbonyl (C=O) groups is 1. The van der Waals surface area contributed by atoms with Crippen LogP contribution in [-0.4, -0.2) is 30.8 Å². The molecule has 1 saturated carbocycles. The quantitative estimate of drug-likeness (QED) is 0.301. The van der Waals surface area contributed by atoms with Crippen molar-refractivity contribution in [1.29, 1.82) is 0 Å². The Kier molecular flexibility index (Phi) is 5.40. The van der Waals surface area contributed by atoms with Gasteiger partial charge in [0.15, 0.2) is 0 Å². The van der Waals surface area contributed by atoms with Gasteiger partial charge in [-0.3, -0.25) is 4.98 Å². The second-order valence-corrected chi connectivity index (χ2v) is 9.52. The minimum Gasteiger partial charge on any atom is -0.478 e. The largest absolute Gasteiger partial charge is 0.478 e. The van der Waals surface area contributed by atoms with E-state index < -0.39 is 5.97 Å². The monoisotopic (exact) mass is 478 g/mol. The van der Waals surface area contributed by atoms with Crippen LogP contribution in [-0.2, 0) is 0 Å². The summed E-state index contributed by atoms with van der Waals surface area (Å²) in [6.45, 7) is 3.82. The first-order valence-electron chi connectivity index (χ1n) is 12.2. The predicted molar refractivity (Wildman–Crippen MR) is 137 cm³/mol. The molecule has 0 radical (unpaired) electrons. The Hall–Kier alpha value is -4.26. The molecule has 1 unspecified atom stereocenters. The molecule has 7 nitrogen and oxygen atoms in total. The summed E-state index contributed by atoms with van der Waals surface area (Å²) in [4.78, 5) is 21.4. The van der Waals surface area contributed by atoms with Gasteiger partial charge < -0.3 is 14.2 Å². The molecule has 1 N–H and O–H groups in total. The van der Waals surface area contributed by atoms with E-state index in [0.29, 0.717) is 5.92 Å². The summed E-state index contributed by atoms with van der Waals surface area (Å²) >= 11 is 0. The number of pyridine rings is 2. The second kappa shape index (κ2) is 8.75. The van der Waals surface area contributed by atoms with Gasteiger partial charge in [0, 0.05) is 40.7 Å². The van der Waals surface area contributed by atoms with Crippen molar-refractivity contribution in [2.45, 2.75) is 39.2 Å². The van der Waals surface area contributed by atoms with Crippen molar-refractivity contribution in [2.24, 2.45) is 5.92 Å². The number of carboxylic acids is 1. The van der Waals surface area contributed by atoms with E-state index in [9.17, 15) is 9.90 Å². The molecule has 4 aromatic heterocycles. The Labute approximate surface area is 208 Å². The fourth-order valence-electron chi connectivity index (χ4n) is 5.34. The summed E-state index contributed by atoms with van der Waals surface area (Å²) in [5, 5.41) is 14.7. The first-order valence-corrected chi connectivity index (χ1v) is 12.2. The molecule has 1 atom stereocenters. The van der Waals surface area contributed by atoms with Gasteiger partial charge in [-0.25, -0.2) is 9.78 Å². The van der Waals surface area contributed by atoms with Gasteiger partial charge in [0.2, 0.25) is 0 Å². The topological polar surface area (TPSA) is 94.0 Å². The van der Waals surface area contributed by atoms with Crippen molar-refractivity contribution in [3.05, 3.63) is 89.8 Å². The number of fused-ring (bicyclic) bond motifs is 1. The van der Waals surface area contributed by atoms with Crippen LogP contribution in [0, 0.1) is 19.8 Å². The number of nitrogens with zero attached hydrogens (tertiary/aromatic N) is 4. The molecule has 180 valence electrons. The summed E-state index contributed by atoms with van der Waals surface area (Å²) in [6, 6.07) is 15.3. The van der Waals surface area contributed by atoms with E-state index in [2.05, 4.69) is 28.1 Å². The third-order valence-electron chi connectivity index (χ3n) is 7.30. The van der Waals surface area contributed by atoms with E-state index >= 15 is 0 Å². The van der Waals surface area contributed by atoms with Gasteiger partial charge in [-0.15, -0.1) is 0 Å². The van der Waals surface area contributed by atoms with Crippen LogP contribution in [0.25, 0.3) is 33.3 Å². The molecule has 1 fully saturated rings. The summed E-state index contributed by atoms with van der Waals surface area (Å²) < 4.78 is 7.65. The van der Waals surface area contributed by atoms with Crippen molar-refractivity contribution in [3.8, 4) is 22.3 Å². The molecule has 4 heterocycles. The maximum atomic E-state index is 11.7. The Morgan fingerprint density at radius 1 is 1.08 bits per heavy atom. The van der Waals surface area contributed by atoms with Crippen molar-refractivity contribution >= 4 is 17.0 Å². The molecule has 1 aromatic carbocycles. The third kappa shape index (κ3) is 3.68.